The Morgan fingerprint density at radius 1 is 1.19 bits per heavy atom. The molecule has 1 atom stereocenters. The SMILES string of the molecule is CCOC(=O)CCCCCNC(C)C(C)C. The Hall–Kier alpha value is -0.570. The lowest BCUT2D eigenvalue weighted by Crippen LogP contribution is -2.31. The minimum Gasteiger partial charge on any atom is -0.466 e. The van der Waals surface area contributed by atoms with Crippen LogP contribution in [0.5, 0.6) is 0 Å². The van der Waals surface area contributed by atoms with Gasteiger partial charge in [0, 0.05) is 12.5 Å². The minimum absolute atomic E-state index is 0.0639. The van der Waals surface area contributed by atoms with Gasteiger partial charge in [-0.2, -0.15) is 0 Å². The summed E-state index contributed by atoms with van der Waals surface area (Å²) in [7, 11) is 0. The van der Waals surface area contributed by atoms with E-state index in [4.69, 9.17) is 4.74 Å². The quantitative estimate of drug-likeness (QED) is 0.488. The maximum atomic E-state index is 11.0. The molecule has 0 fully saturated rings. The van der Waals surface area contributed by atoms with Crippen molar-refractivity contribution in [2.45, 2.75) is 59.4 Å². The normalized spacial score (nSPS) is 12.8. The molecule has 96 valence electrons. The maximum absolute atomic E-state index is 11.0. The third-order valence-electron chi connectivity index (χ3n) is 2.83. The predicted molar refractivity (Wildman–Crippen MR) is 67.4 cm³/mol. The van der Waals surface area contributed by atoms with Gasteiger partial charge in [0.1, 0.15) is 0 Å². The molecular weight excluding hydrogens is 202 g/mol. The fourth-order valence-corrected chi connectivity index (χ4v) is 1.37. The van der Waals surface area contributed by atoms with E-state index in [1.165, 1.54) is 0 Å². The molecular formula is C13H27NO2. The topological polar surface area (TPSA) is 38.3 Å². The van der Waals surface area contributed by atoms with E-state index in [1.54, 1.807) is 0 Å². The molecule has 3 heteroatoms. The number of hydrogen-bond donors (Lipinski definition) is 1. The highest BCUT2D eigenvalue weighted by molar-refractivity contribution is 5.69. The first-order chi connectivity index (χ1) is 7.57. The molecule has 3 nitrogen and oxygen atoms in total. The number of ether oxygens (including phenoxy) is 1. The summed E-state index contributed by atoms with van der Waals surface area (Å²) < 4.78 is 4.86. The number of unbranched alkanes of at least 4 members (excludes halogenated alkanes) is 2. The molecule has 0 aliphatic carbocycles. The third-order valence-corrected chi connectivity index (χ3v) is 2.83. The molecule has 0 aromatic carbocycles. The lowest BCUT2D eigenvalue weighted by atomic mass is 10.1. The highest BCUT2D eigenvalue weighted by Gasteiger charge is 2.05. The second-order valence-electron chi connectivity index (χ2n) is 4.60. The van der Waals surface area contributed by atoms with Gasteiger partial charge >= 0.3 is 5.97 Å². The number of rotatable bonds is 9. The van der Waals surface area contributed by atoms with Crippen molar-refractivity contribution in [2.75, 3.05) is 13.2 Å². The molecule has 0 saturated heterocycles. The van der Waals surface area contributed by atoms with Crippen molar-refractivity contribution in [3.8, 4) is 0 Å². The zero-order valence-electron chi connectivity index (χ0n) is 11.2. The molecule has 0 amide bonds. The highest BCUT2D eigenvalue weighted by Crippen LogP contribution is 2.03. The van der Waals surface area contributed by atoms with E-state index in [2.05, 4.69) is 26.1 Å². The van der Waals surface area contributed by atoms with Crippen molar-refractivity contribution in [3.05, 3.63) is 0 Å². The number of esters is 1. The average molecular weight is 229 g/mol. The summed E-state index contributed by atoms with van der Waals surface area (Å²) in [6.07, 6.45) is 3.73. The van der Waals surface area contributed by atoms with Gasteiger partial charge in [-0.05, 0) is 39.2 Å². The number of carbonyl (C=O) groups is 1. The summed E-state index contributed by atoms with van der Waals surface area (Å²) in [5, 5.41) is 3.48. The molecule has 0 radical (unpaired) electrons. The van der Waals surface area contributed by atoms with Crippen LogP contribution in [-0.2, 0) is 9.53 Å². The summed E-state index contributed by atoms with van der Waals surface area (Å²) in [6.45, 7) is 10.0. The van der Waals surface area contributed by atoms with Gasteiger partial charge in [-0.15, -0.1) is 0 Å². The highest BCUT2D eigenvalue weighted by atomic mass is 16.5. The summed E-state index contributed by atoms with van der Waals surface area (Å²) in [5.74, 6) is 0.616. The van der Waals surface area contributed by atoms with Crippen molar-refractivity contribution < 1.29 is 9.53 Å². The second-order valence-corrected chi connectivity index (χ2v) is 4.60. The first-order valence-corrected chi connectivity index (χ1v) is 6.47. The van der Waals surface area contributed by atoms with Crippen LogP contribution in [-0.4, -0.2) is 25.2 Å². The second kappa shape index (κ2) is 9.64. The van der Waals surface area contributed by atoms with E-state index >= 15 is 0 Å². The number of hydrogen-bond acceptors (Lipinski definition) is 3. The summed E-state index contributed by atoms with van der Waals surface area (Å²) in [4.78, 5) is 11.0. The Morgan fingerprint density at radius 3 is 2.44 bits per heavy atom. The van der Waals surface area contributed by atoms with Crippen LogP contribution in [0.3, 0.4) is 0 Å². The Morgan fingerprint density at radius 2 is 1.88 bits per heavy atom. The van der Waals surface area contributed by atoms with Gasteiger partial charge in [-0.1, -0.05) is 20.3 Å². The van der Waals surface area contributed by atoms with Crippen LogP contribution in [0.1, 0.15) is 53.4 Å². The standard InChI is InChI=1S/C13H27NO2/c1-5-16-13(15)9-7-6-8-10-14-12(4)11(2)3/h11-12,14H,5-10H2,1-4H3. The largest absolute Gasteiger partial charge is 0.466 e. The van der Waals surface area contributed by atoms with E-state index in [1.807, 2.05) is 6.92 Å². The smallest absolute Gasteiger partial charge is 0.305 e. The maximum Gasteiger partial charge on any atom is 0.305 e. The van der Waals surface area contributed by atoms with Gasteiger partial charge in [0.05, 0.1) is 6.61 Å². The first kappa shape index (κ1) is 15.4. The van der Waals surface area contributed by atoms with Crippen LogP contribution in [0.15, 0.2) is 0 Å². The lowest BCUT2D eigenvalue weighted by molar-refractivity contribution is -0.143. The third kappa shape index (κ3) is 8.72. The van der Waals surface area contributed by atoms with Crippen LogP contribution >= 0.6 is 0 Å². The minimum atomic E-state index is -0.0639. The van der Waals surface area contributed by atoms with Gasteiger partial charge in [-0.3, -0.25) is 4.79 Å². The van der Waals surface area contributed by atoms with Gasteiger partial charge in [0.2, 0.25) is 0 Å². The molecule has 0 saturated carbocycles. The van der Waals surface area contributed by atoms with Crippen molar-refractivity contribution in [2.24, 2.45) is 5.92 Å². The lowest BCUT2D eigenvalue weighted by Gasteiger charge is -2.17. The Kier molecular flexibility index (Phi) is 9.30. The molecule has 1 N–H and O–H groups in total. The zero-order valence-corrected chi connectivity index (χ0v) is 11.2. The molecule has 1 unspecified atom stereocenters. The summed E-state index contributed by atoms with van der Waals surface area (Å²) in [6, 6.07) is 0.574. The van der Waals surface area contributed by atoms with Gasteiger partial charge in [0.15, 0.2) is 0 Å². The van der Waals surface area contributed by atoms with E-state index in [9.17, 15) is 4.79 Å². The van der Waals surface area contributed by atoms with Crippen LogP contribution < -0.4 is 5.32 Å². The summed E-state index contributed by atoms with van der Waals surface area (Å²) >= 11 is 0. The number of nitrogens with one attached hydrogen (secondary N) is 1. The molecule has 0 heterocycles. The molecule has 0 aromatic rings. The monoisotopic (exact) mass is 229 g/mol. The first-order valence-electron chi connectivity index (χ1n) is 6.47. The number of carbonyl (C=O) groups excluding carboxylic acids is 1. The Bertz CT molecular complexity index is 181. The van der Waals surface area contributed by atoms with Crippen molar-refractivity contribution in [1.29, 1.82) is 0 Å². The molecule has 0 aliphatic heterocycles. The van der Waals surface area contributed by atoms with Crippen molar-refractivity contribution in [3.63, 3.8) is 0 Å². The zero-order chi connectivity index (χ0) is 12.4. The molecule has 0 aliphatic rings. The van der Waals surface area contributed by atoms with E-state index in [0.717, 1.165) is 25.8 Å². The van der Waals surface area contributed by atoms with E-state index in [-0.39, 0.29) is 5.97 Å². The molecule has 0 bridgehead atoms. The van der Waals surface area contributed by atoms with Crippen molar-refractivity contribution >= 4 is 5.97 Å². The Balaban J connectivity index is 3.24. The van der Waals surface area contributed by atoms with Gasteiger partial charge in [-0.25, -0.2) is 0 Å². The Labute approximate surface area is 99.9 Å². The van der Waals surface area contributed by atoms with Gasteiger partial charge < -0.3 is 10.1 Å². The van der Waals surface area contributed by atoms with Crippen molar-refractivity contribution in [1.82, 2.24) is 5.32 Å². The van der Waals surface area contributed by atoms with Gasteiger partial charge in [0.25, 0.3) is 0 Å². The molecule has 0 aromatic heterocycles. The molecule has 0 spiro atoms. The molecule has 16 heavy (non-hydrogen) atoms. The molecule has 0 rings (SSSR count). The fraction of sp³-hybridized carbons (Fsp3) is 0.923. The van der Waals surface area contributed by atoms with Crippen LogP contribution in [0.2, 0.25) is 0 Å². The summed E-state index contributed by atoms with van der Waals surface area (Å²) in [5.41, 5.74) is 0. The van der Waals surface area contributed by atoms with E-state index < -0.39 is 0 Å². The van der Waals surface area contributed by atoms with Crippen LogP contribution in [0.25, 0.3) is 0 Å². The predicted octanol–water partition coefficient (Wildman–Crippen LogP) is 2.74. The van der Waals surface area contributed by atoms with Crippen LogP contribution in [0.4, 0.5) is 0 Å². The van der Waals surface area contributed by atoms with E-state index in [0.29, 0.717) is 25.0 Å². The average Bonchev–Trinajstić information content (AvgIpc) is 2.23. The fourth-order valence-electron chi connectivity index (χ4n) is 1.37. The van der Waals surface area contributed by atoms with Crippen LogP contribution in [0, 0.1) is 5.92 Å².